The van der Waals surface area contributed by atoms with Gasteiger partial charge in [0.05, 0.1) is 0 Å². The van der Waals surface area contributed by atoms with E-state index in [-0.39, 0.29) is 0 Å². The SMILES string of the molecule is CCCCCCC1C(C)CCN1C(C)C. The minimum atomic E-state index is 0.742. The van der Waals surface area contributed by atoms with Crippen molar-refractivity contribution in [2.75, 3.05) is 6.54 Å². The molecule has 90 valence electrons. The Hall–Kier alpha value is -0.0400. The van der Waals surface area contributed by atoms with Gasteiger partial charge in [0, 0.05) is 12.1 Å². The van der Waals surface area contributed by atoms with Crippen LogP contribution in [0.2, 0.25) is 0 Å². The zero-order valence-electron chi connectivity index (χ0n) is 11.1. The van der Waals surface area contributed by atoms with Crippen LogP contribution in [0.25, 0.3) is 0 Å². The van der Waals surface area contributed by atoms with Gasteiger partial charge in [-0.05, 0) is 39.2 Å². The summed E-state index contributed by atoms with van der Waals surface area (Å²) >= 11 is 0. The fraction of sp³-hybridized carbons (Fsp3) is 1.00. The maximum Gasteiger partial charge on any atom is 0.0124 e. The largest absolute Gasteiger partial charge is 0.298 e. The van der Waals surface area contributed by atoms with Crippen molar-refractivity contribution in [3.63, 3.8) is 0 Å². The van der Waals surface area contributed by atoms with E-state index in [2.05, 4.69) is 32.6 Å². The van der Waals surface area contributed by atoms with Crippen LogP contribution in [0.15, 0.2) is 0 Å². The lowest BCUT2D eigenvalue weighted by Crippen LogP contribution is -2.37. The van der Waals surface area contributed by atoms with Gasteiger partial charge in [0.2, 0.25) is 0 Å². The lowest BCUT2D eigenvalue weighted by atomic mass is 9.96. The minimum Gasteiger partial charge on any atom is -0.298 e. The van der Waals surface area contributed by atoms with Crippen molar-refractivity contribution in [1.82, 2.24) is 4.90 Å². The third kappa shape index (κ3) is 3.79. The monoisotopic (exact) mass is 211 g/mol. The summed E-state index contributed by atoms with van der Waals surface area (Å²) in [5.74, 6) is 0.925. The third-order valence-electron chi connectivity index (χ3n) is 3.94. The van der Waals surface area contributed by atoms with E-state index in [0.29, 0.717) is 0 Å². The molecule has 0 aromatic carbocycles. The number of hydrogen-bond acceptors (Lipinski definition) is 1. The Bertz CT molecular complexity index is 165. The van der Waals surface area contributed by atoms with E-state index in [1.807, 2.05) is 0 Å². The summed E-state index contributed by atoms with van der Waals surface area (Å²) in [6.45, 7) is 10.7. The molecule has 1 rings (SSSR count). The highest BCUT2D eigenvalue weighted by atomic mass is 15.2. The van der Waals surface area contributed by atoms with Gasteiger partial charge in [-0.2, -0.15) is 0 Å². The lowest BCUT2D eigenvalue weighted by molar-refractivity contribution is 0.173. The first-order chi connectivity index (χ1) is 7.16. The highest BCUT2D eigenvalue weighted by Gasteiger charge is 2.31. The van der Waals surface area contributed by atoms with E-state index >= 15 is 0 Å². The van der Waals surface area contributed by atoms with Crippen molar-refractivity contribution in [3.05, 3.63) is 0 Å². The summed E-state index contributed by atoms with van der Waals surface area (Å²) in [7, 11) is 0. The molecule has 1 aliphatic rings. The van der Waals surface area contributed by atoms with Gasteiger partial charge in [0.1, 0.15) is 0 Å². The zero-order chi connectivity index (χ0) is 11.3. The highest BCUT2D eigenvalue weighted by Crippen LogP contribution is 2.29. The van der Waals surface area contributed by atoms with Crippen LogP contribution in [0.5, 0.6) is 0 Å². The second kappa shape index (κ2) is 6.52. The number of unbranched alkanes of at least 4 members (excludes halogenated alkanes) is 3. The van der Waals surface area contributed by atoms with Gasteiger partial charge in [-0.1, -0.05) is 39.5 Å². The molecule has 0 N–H and O–H groups in total. The third-order valence-corrected chi connectivity index (χ3v) is 3.94. The molecule has 2 unspecified atom stereocenters. The van der Waals surface area contributed by atoms with Crippen molar-refractivity contribution in [2.24, 2.45) is 5.92 Å². The first-order valence-corrected chi connectivity index (χ1v) is 6.92. The quantitative estimate of drug-likeness (QED) is 0.598. The molecular weight excluding hydrogens is 182 g/mol. The number of hydrogen-bond donors (Lipinski definition) is 0. The fourth-order valence-electron chi connectivity index (χ4n) is 2.91. The molecule has 1 nitrogen and oxygen atoms in total. The average Bonchev–Trinajstić information content (AvgIpc) is 2.55. The molecule has 2 atom stereocenters. The molecule has 0 aliphatic carbocycles. The van der Waals surface area contributed by atoms with Crippen LogP contribution in [0.3, 0.4) is 0 Å². The van der Waals surface area contributed by atoms with E-state index in [9.17, 15) is 0 Å². The Kier molecular flexibility index (Phi) is 5.66. The predicted octanol–water partition coefficient (Wildman–Crippen LogP) is 4.08. The van der Waals surface area contributed by atoms with Crippen LogP contribution in [0, 0.1) is 5.92 Å². The van der Waals surface area contributed by atoms with E-state index in [1.54, 1.807) is 0 Å². The van der Waals surface area contributed by atoms with Crippen LogP contribution >= 0.6 is 0 Å². The summed E-state index contributed by atoms with van der Waals surface area (Å²) in [6, 6.07) is 1.62. The molecule has 0 radical (unpaired) electrons. The first kappa shape index (κ1) is 13.0. The molecule has 1 saturated heterocycles. The summed E-state index contributed by atoms with van der Waals surface area (Å²) in [6.07, 6.45) is 8.49. The summed E-state index contributed by atoms with van der Waals surface area (Å²) in [5.41, 5.74) is 0. The molecule has 0 aromatic heterocycles. The Balaban J connectivity index is 2.29. The number of rotatable bonds is 6. The second-order valence-corrected chi connectivity index (χ2v) is 5.51. The maximum absolute atomic E-state index is 2.72. The van der Waals surface area contributed by atoms with E-state index < -0.39 is 0 Å². The Morgan fingerprint density at radius 3 is 2.53 bits per heavy atom. The van der Waals surface area contributed by atoms with Crippen molar-refractivity contribution < 1.29 is 0 Å². The van der Waals surface area contributed by atoms with E-state index in [4.69, 9.17) is 0 Å². The molecule has 0 bridgehead atoms. The van der Waals surface area contributed by atoms with Crippen LogP contribution in [0.4, 0.5) is 0 Å². The summed E-state index contributed by atoms with van der Waals surface area (Å²) in [5, 5.41) is 0. The molecule has 1 aliphatic heterocycles. The second-order valence-electron chi connectivity index (χ2n) is 5.51. The molecule has 1 fully saturated rings. The Labute approximate surface area is 96.2 Å². The maximum atomic E-state index is 2.72. The fourth-order valence-corrected chi connectivity index (χ4v) is 2.91. The molecule has 0 aromatic rings. The smallest absolute Gasteiger partial charge is 0.0124 e. The highest BCUT2D eigenvalue weighted by molar-refractivity contribution is 4.86. The van der Waals surface area contributed by atoms with Crippen molar-refractivity contribution in [3.8, 4) is 0 Å². The van der Waals surface area contributed by atoms with Crippen LogP contribution in [-0.4, -0.2) is 23.5 Å². The number of nitrogens with zero attached hydrogens (tertiary/aromatic N) is 1. The van der Waals surface area contributed by atoms with Crippen molar-refractivity contribution in [2.45, 2.75) is 78.3 Å². The van der Waals surface area contributed by atoms with Gasteiger partial charge >= 0.3 is 0 Å². The standard InChI is InChI=1S/C14H29N/c1-5-6-7-8-9-14-13(4)10-11-15(14)12(2)3/h12-14H,5-11H2,1-4H3. The topological polar surface area (TPSA) is 3.24 Å². The van der Waals surface area contributed by atoms with Crippen LogP contribution in [0.1, 0.15) is 66.2 Å². The average molecular weight is 211 g/mol. The van der Waals surface area contributed by atoms with E-state index in [1.165, 1.54) is 45.1 Å². The molecule has 15 heavy (non-hydrogen) atoms. The molecule has 1 heteroatoms. The van der Waals surface area contributed by atoms with Gasteiger partial charge < -0.3 is 0 Å². The molecule has 0 amide bonds. The first-order valence-electron chi connectivity index (χ1n) is 6.92. The normalized spacial score (nSPS) is 27.8. The van der Waals surface area contributed by atoms with Gasteiger partial charge in [0.15, 0.2) is 0 Å². The predicted molar refractivity (Wildman–Crippen MR) is 68.2 cm³/mol. The summed E-state index contributed by atoms with van der Waals surface area (Å²) in [4.78, 5) is 2.72. The van der Waals surface area contributed by atoms with Crippen molar-refractivity contribution in [1.29, 1.82) is 0 Å². The summed E-state index contributed by atoms with van der Waals surface area (Å²) < 4.78 is 0. The zero-order valence-corrected chi connectivity index (χ0v) is 11.1. The molecule has 0 saturated carbocycles. The van der Waals surface area contributed by atoms with Gasteiger partial charge in [-0.25, -0.2) is 0 Å². The Morgan fingerprint density at radius 1 is 1.20 bits per heavy atom. The molecular formula is C14H29N. The molecule has 0 spiro atoms. The van der Waals surface area contributed by atoms with E-state index in [0.717, 1.165) is 18.0 Å². The van der Waals surface area contributed by atoms with Crippen LogP contribution < -0.4 is 0 Å². The minimum absolute atomic E-state index is 0.742. The Morgan fingerprint density at radius 2 is 1.93 bits per heavy atom. The van der Waals surface area contributed by atoms with Gasteiger partial charge in [0.25, 0.3) is 0 Å². The number of likely N-dealkylation sites (tertiary alicyclic amines) is 1. The van der Waals surface area contributed by atoms with Crippen LogP contribution in [-0.2, 0) is 0 Å². The van der Waals surface area contributed by atoms with Gasteiger partial charge in [-0.3, -0.25) is 4.90 Å². The molecule has 1 heterocycles. The van der Waals surface area contributed by atoms with Crippen molar-refractivity contribution >= 4 is 0 Å². The van der Waals surface area contributed by atoms with Gasteiger partial charge in [-0.15, -0.1) is 0 Å². The lowest BCUT2D eigenvalue weighted by Gasteiger charge is -2.30.